The molecule has 2 saturated carbocycles. The fourth-order valence-electron chi connectivity index (χ4n) is 3.86. The molecule has 0 unspecified atom stereocenters. The van der Waals surface area contributed by atoms with Crippen molar-refractivity contribution in [1.29, 1.82) is 0 Å². The third kappa shape index (κ3) is 7.21. The first-order valence-electron chi connectivity index (χ1n) is 9.85. The van der Waals surface area contributed by atoms with E-state index in [2.05, 4.69) is 12.2 Å². The Morgan fingerprint density at radius 3 is 1.91 bits per heavy atom. The van der Waals surface area contributed by atoms with Crippen LogP contribution in [0.3, 0.4) is 0 Å². The summed E-state index contributed by atoms with van der Waals surface area (Å²) in [5.41, 5.74) is 0. The summed E-state index contributed by atoms with van der Waals surface area (Å²) in [4.78, 5) is 10.2. The molecule has 2 N–H and O–H groups in total. The van der Waals surface area contributed by atoms with Crippen LogP contribution in [0.1, 0.15) is 90.4 Å². The normalized spacial score (nSPS) is 28.7. The van der Waals surface area contributed by atoms with E-state index in [0.717, 1.165) is 31.3 Å². The highest BCUT2D eigenvalue weighted by Gasteiger charge is 2.44. The van der Waals surface area contributed by atoms with Gasteiger partial charge >= 0.3 is 5.97 Å². The molecule has 0 spiro atoms. The van der Waals surface area contributed by atoms with Gasteiger partial charge in [0.25, 0.3) is 0 Å². The highest BCUT2D eigenvalue weighted by atomic mass is 16.6. The number of aliphatic carboxylic acids is 1. The first-order chi connectivity index (χ1) is 11.2. The molecule has 2 aliphatic carbocycles. The van der Waals surface area contributed by atoms with E-state index in [1.807, 2.05) is 0 Å². The van der Waals surface area contributed by atoms with Crippen molar-refractivity contribution >= 4 is 5.97 Å². The van der Waals surface area contributed by atoms with Crippen molar-refractivity contribution in [2.45, 2.75) is 115 Å². The lowest BCUT2D eigenvalue weighted by atomic mass is 9.91. The lowest BCUT2D eigenvalue weighted by Gasteiger charge is -2.30. The summed E-state index contributed by atoms with van der Waals surface area (Å²) in [7, 11) is 0. The molecule has 4 heteroatoms. The number of epoxide rings is 1. The number of carboxylic acid groups (broad SMARTS) is 1. The molecule has 0 radical (unpaired) electrons. The molecule has 3 aliphatic rings. The second-order valence-corrected chi connectivity index (χ2v) is 7.41. The molecule has 2 atom stereocenters. The quantitative estimate of drug-likeness (QED) is 0.716. The van der Waals surface area contributed by atoms with Gasteiger partial charge in [-0.3, -0.25) is 0 Å². The first kappa shape index (κ1) is 18.7. The van der Waals surface area contributed by atoms with E-state index < -0.39 is 12.1 Å². The van der Waals surface area contributed by atoms with Crippen LogP contribution in [0, 0.1) is 0 Å². The van der Waals surface area contributed by atoms with Crippen LogP contribution in [0.5, 0.6) is 0 Å². The van der Waals surface area contributed by atoms with Crippen LogP contribution in [0.15, 0.2) is 0 Å². The van der Waals surface area contributed by atoms with Gasteiger partial charge in [0.2, 0.25) is 0 Å². The molecule has 1 heterocycles. The van der Waals surface area contributed by atoms with Gasteiger partial charge < -0.3 is 15.2 Å². The first-order valence-corrected chi connectivity index (χ1v) is 9.85. The molecular formula is C19H35NO3. The van der Waals surface area contributed by atoms with Crippen molar-refractivity contribution in [2.75, 3.05) is 0 Å². The maximum atomic E-state index is 10.2. The SMILES string of the molecule is C1CCC(NC2CCCCC2)CC1.CCCC[C@H]1O[C@@H]1C(=O)O. The molecule has 3 fully saturated rings. The van der Waals surface area contributed by atoms with Gasteiger partial charge in [0.15, 0.2) is 6.10 Å². The van der Waals surface area contributed by atoms with Gasteiger partial charge in [-0.25, -0.2) is 4.79 Å². The lowest BCUT2D eigenvalue weighted by Crippen LogP contribution is -2.40. The fraction of sp³-hybridized carbons (Fsp3) is 0.947. The zero-order valence-electron chi connectivity index (χ0n) is 14.8. The molecule has 1 saturated heterocycles. The number of unbranched alkanes of at least 4 members (excludes halogenated alkanes) is 1. The minimum absolute atomic E-state index is 0.0115. The molecule has 134 valence electrons. The summed E-state index contributed by atoms with van der Waals surface area (Å²) in [6.45, 7) is 2.08. The molecule has 0 aromatic carbocycles. The lowest BCUT2D eigenvalue weighted by molar-refractivity contribution is -0.138. The molecule has 1 aliphatic heterocycles. The van der Waals surface area contributed by atoms with Gasteiger partial charge in [-0.2, -0.15) is 0 Å². The minimum Gasteiger partial charge on any atom is -0.479 e. The van der Waals surface area contributed by atoms with Crippen molar-refractivity contribution in [1.82, 2.24) is 5.32 Å². The summed E-state index contributed by atoms with van der Waals surface area (Å²) >= 11 is 0. The van der Waals surface area contributed by atoms with E-state index in [1.165, 1.54) is 64.2 Å². The van der Waals surface area contributed by atoms with Gasteiger partial charge in [-0.05, 0) is 32.1 Å². The van der Waals surface area contributed by atoms with Crippen LogP contribution in [0.25, 0.3) is 0 Å². The van der Waals surface area contributed by atoms with Crippen molar-refractivity contribution < 1.29 is 14.6 Å². The second kappa shape index (κ2) is 10.3. The smallest absolute Gasteiger partial charge is 0.335 e. The number of nitrogens with one attached hydrogen (secondary N) is 1. The standard InChI is InChI=1S/C12H23N.C7H12O3/c1-3-7-11(8-4-1)13-12-9-5-2-6-10-12;1-2-3-4-5-6(10-5)7(8)9/h11-13H,1-10H2;5-6H,2-4H2,1H3,(H,8,9)/t;5-,6+/m.1/s1. The molecule has 0 aromatic rings. The van der Waals surface area contributed by atoms with Crippen molar-refractivity contribution in [3.63, 3.8) is 0 Å². The van der Waals surface area contributed by atoms with Crippen LogP contribution in [0.2, 0.25) is 0 Å². The molecule has 0 amide bonds. The molecule has 0 aromatic heterocycles. The highest BCUT2D eigenvalue weighted by molar-refractivity contribution is 5.75. The number of rotatable bonds is 6. The predicted octanol–water partition coefficient (Wildman–Crippen LogP) is 4.27. The van der Waals surface area contributed by atoms with Gasteiger partial charge in [0.1, 0.15) is 0 Å². The summed E-state index contributed by atoms with van der Waals surface area (Å²) in [5.74, 6) is -0.818. The molecule has 0 bridgehead atoms. The van der Waals surface area contributed by atoms with Gasteiger partial charge in [0, 0.05) is 12.1 Å². The van der Waals surface area contributed by atoms with Crippen LogP contribution >= 0.6 is 0 Å². The highest BCUT2D eigenvalue weighted by Crippen LogP contribution is 2.27. The molecule has 23 heavy (non-hydrogen) atoms. The third-order valence-electron chi connectivity index (χ3n) is 5.35. The average molecular weight is 325 g/mol. The summed E-state index contributed by atoms with van der Waals surface area (Å²) in [6.07, 6.45) is 17.1. The third-order valence-corrected chi connectivity index (χ3v) is 5.35. The van der Waals surface area contributed by atoms with Crippen molar-refractivity contribution in [3.05, 3.63) is 0 Å². The van der Waals surface area contributed by atoms with Gasteiger partial charge in [-0.15, -0.1) is 0 Å². The largest absolute Gasteiger partial charge is 0.479 e. The van der Waals surface area contributed by atoms with E-state index in [0.29, 0.717) is 0 Å². The Morgan fingerprint density at radius 1 is 1.00 bits per heavy atom. The Morgan fingerprint density at radius 2 is 1.52 bits per heavy atom. The van der Waals surface area contributed by atoms with E-state index in [1.54, 1.807) is 0 Å². The average Bonchev–Trinajstić information content (AvgIpc) is 3.35. The summed E-state index contributed by atoms with van der Waals surface area (Å²) in [6, 6.07) is 1.74. The molecular weight excluding hydrogens is 290 g/mol. The number of carboxylic acids is 1. The van der Waals surface area contributed by atoms with Crippen molar-refractivity contribution in [2.24, 2.45) is 0 Å². The Balaban J connectivity index is 0.000000174. The topological polar surface area (TPSA) is 61.9 Å². The number of ether oxygens (including phenoxy) is 1. The van der Waals surface area contributed by atoms with Gasteiger partial charge in [-0.1, -0.05) is 58.3 Å². The second-order valence-electron chi connectivity index (χ2n) is 7.41. The zero-order valence-corrected chi connectivity index (χ0v) is 14.8. The Kier molecular flexibility index (Phi) is 8.38. The van der Waals surface area contributed by atoms with E-state index >= 15 is 0 Å². The Bertz CT molecular complexity index is 320. The summed E-state index contributed by atoms with van der Waals surface area (Å²) in [5, 5.41) is 12.3. The van der Waals surface area contributed by atoms with E-state index in [-0.39, 0.29) is 6.10 Å². The zero-order chi connectivity index (χ0) is 16.5. The molecule has 3 rings (SSSR count). The minimum atomic E-state index is -0.818. The fourth-order valence-corrected chi connectivity index (χ4v) is 3.86. The predicted molar refractivity (Wildman–Crippen MR) is 92.7 cm³/mol. The Labute approximate surface area is 141 Å². The van der Waals surface area contributed by atoms with Crippen LogP contribution in [-0.4, -0.2) is 35.4 Å². The Hall–Kier alpha value is -0.610. The van der Waals surface area contributed by atoms with E-state index in [4.69, 9.17) is 9.84 Å². The molecule has 4 nitrogen and oxygen atoms in total. The maximum Gasteiger partial charge on any atom is 0.335 e. The number of hydrogen-bond acceptors (Lipinski definition) is 3. The van der Waals surface area contributed by atoms with Crippen LogP contribution in [-0.2, 0) is 9.53 Å². The maximum absolute atomic E-state index is 10.2. The van der Waals surface area contributed by atoms with E-state index in [9.17, 15) is 4.79 Å². The number of hydrogen-bond donors (Lipinski definition) is 2. The van der Waals surface area contributed by atoms with Crippen molar-refractivity contribution in [3.8, 4) is 0 Å². The monoisotopic (exact) mass is 325 g/mol. The summed E-state index contributed by atoms with van der Waals surface area (Å²) < 4.78 is 4.88. The number of carbonyl (C=O) groups is 1. The van der Waals surface area contributed by atoms with Crippen LogP contribution < -0.4 is 5.32 Å². The van der Waals surface area contributed by atoms with Gasteiger partial charge in [0.05, 0.1) is 6.10 Å². The van der Waals surface area contributed by atoms with Crippen LogP contribution in [0.4, 0.5) is 0 Å².